The van der Waals surface area contributed by atoms with Crippen LogP contribution in [0.25, 0.3) is 0 Å². The molecular weight excluding hydrogens is 524 g/mol. The van der Waals surface area contributed by atoms with E-state index in [1.807, 2.05) is 47.6 Å². The number of nitrogens with one attached hydrogen (secondary N) is 1. The highest BCUT2D eigenvalue weighted by Gasteiger charge is 2.33. The average molecular weight is 561 g/mol. The van der Waals surface area contributed by atoms with Crippen molar-refractivity contribution in [3.8, 4) is 0 Å². The normalized spacial score (nSPS) is 12.7. The van der Waals surface area contributed by atoms with Gasteiger partial charge in [-0.15, -0.1) is 0 Å². The van der Waals surface area contributed by atoms with Gasteiger partial charge in [0.25, 0.3) is 11.8 Å². The zero-order chi connectivity index (χ0) is 28.6. The monoisotopic (exact) mass is 560 g/mol. The Morgan fingerprint density at radius 3 is 2.05 bits per heavy atom. The fourth-order valence-electron chi connectivity index (χ4n) is 3.78. The van der Waals surface area contributed by atoms with Crippen LogP contribution in [-0.2, 0) is 9.59 Å². The van der Waals surface area contributed by atoms with E-state index < -0.39 is 35.8 Å². The number of hydrogen-bond donors (Lipinski definition) is 3. The Labute approximate surface area is 232 Å². The van der Waals surface area contributed by atoms with E-state index in [1.54, 1.807) is 36.4 Å². The zero-order valence-electron chi connectivity index (χ0n) is 22.6. The highest BCUT2D eigenvalue weighted by Crippen LogP contribution is 2.39. The number of amides is 2. The Morgan fingerprint density at radius 2 is 1.50 bits per heavy atom. The number of hydrogen-bond acceptors (Lipinski definition) is 6. The molecule has 0 saturated heterocycles. The number of carbonyl (C=O) groups excluding carboxylic acids is 2. The van der Waals surface area contributed by atoms with Gasteiger partial charge < -0.3 is 15.5 Å². The molecule has 2 atom stereocenters. The van der Waals surface area contributed by atoms with Crippen LogP contribution < -0.4 is 5.32 Å². The number of nitrogens with zero attached hydrogens (tertiary/aromatic N) is 1. The number of rotatable bonds is 13. The van der Waals surface area contributed by atoms with Crippen molar-refractivity contribution in [2.24, 2.45) is 11.8 Å². The summed E-state index contributed by atoms with van der Waals surface area (Å²) in [5, 5.41) is 22.2. The highest BCUT2D eigenvalue weighted by atomic mass is 33.1. The van der Waals surface area contributed by atoms with Crippen molar-refractivity contribution < 1.29 is 29.4 Å². The van der Waals surface area contributed by atoms with Gasteiger partial charge in [-0.05, 0) is 73.6 Å². The second kappa shape index (κ2) is 14.2. The third-order valence-electron chi connectivity index (χ3n) is 5.63. The van der Waals surface area contributed by atoms with Crippen LogP contribution in [0.4, 0.5) is 0 Å². The summed E-state index contributed by atoms with van der Waals surface area (Å²) in [4.78, 5) is 51.1. The lowest BCUT2D eigenvalue weighted by Crippen LogP contribution is -2.42. The summed E-state index contributed by atoms with van der Waals surface area (Å²) < 4.78 is 1.25. The second-order valence-electron chi connectivity index (χ2n) is 10.1. The van der Waals surface area contributed by atoms with Gasteiger partial charge >= 0.3 is 11.9 Å². The Bertz CT molecular complexity index is 1170. The molecule has 206 valence electrons. The van der Waals surface area contributed by atoms with Crippen molar-refractivity contribution in [1.29, 1.82) is 0 Å². The first-order valence-electron chi connectivity index (χ1n) is 12.4. The number of carbonyl (C=O) groups is 4. The summed E-state index contributed by atoms with van der Waals surface area (Å²) in [6, 6.07) is 9.99. The van der Waals surface area contributed by atoms with Gasteiger partial charge in [0, 0.05) is 21.4 Å². The van der Waals surface area contributed by atoms with E-state index in [9.17, 15) is 29.4 Å². The molecule has 0 aliphatic heterocycles. The van der Waals surface area contributed by atoms with E-state index in [1.165, 1.54) is 4.31 Å². The van der Waals surface area contributed by atoms with Crippen LogP contribution in [0.3, 0.4) is 0 Å². The Hall–Kier alpha value is -2.98. The molecule has 0 unspecified atom stereocenters. The summed E-state index contributed by atoms with van der Waals surface area (Å²) >= 11 is 0. The zero-order valence-corrected chi connectivity index (χ0v) is 24.2. The van der Waals surface area contributed by atoms with Crippen LogP contribution in [0.2, 0.25) is 0 Å². The molecule has 0 aliphatic rings. The third-order valence-corrected chi connectivity index (χ3v) is 8.06. The number of carboxylic acid groups (broad SMARTS) is 2. The molecule has 0 spiro atoms. The maximum absolute atomic E-state index is 13.5. The SMILES string of the molecule is Cc1cccc(C(=O)N(SSc2ccc(C)cc2C(=O)N[C@@H](CC(C)C)C(=O)O)[C@@H](CC(C)C)C(=O)O)c1. The number of aliphatic carboxylic acids is 2. The van der Waals surface area contributed by atoms with Crippen LogP contribution in [0.15, 0.2) is 47.4 Å². The summed E-state index contributed by atoms with van der Waals surface area (Å²) in [5.74, 6) is -3.14. The van der Waals surface area contributed by atoms with Gasteiger partial charge in [0.05, 0.1) is 5.56 Å². The van der Waals surface area contributed by atoms with Gasteiger partial charge in [0.2, 0.25) is 0 Å². The minimum Gasteiger partial charge on any atom is -0.480 e. The molecule has 0 bridgehead atoms. The maximum Gasteiger partial charge on any atom is 0.327 e. The van der Waals surface area contributed by atoms with E-state index >= 15 is 0 Å². The molecule has 10 heteroatoms. The van der Waals surface area contributed by atoms with E-state index in [-0.39, 0.29) is 30.2 Å². The molecule has 8 nitrogen and oxygen atoms in total. The molecule has 0 aliphatic carbocycles. The van der Waals surface area contributed by atoms with Gasteiger partial charge in [-0.3, -0.25) is 13.9 Å². The summed E-state index contributed by atoms with van der Waals surface area (Å²) in [6.45, 7) is 11.2. The van der Waals surface area contributed by atoms with Gasteiger partial charge in [-0.25, -0.2) is 9.59 Å². The van der Waals surface area contributed by atoms with Crippen molar-refractivity contribution in [3.05, 3.63) is 64.7 Å². The van der Waals surface area contributed by atoms with Crippen molar-refractivity contribution in [2.45, 2.75) is 71.4 Å². The van der Waals surface area contributed by atoms with Crippen LogP contribution >= 0.6 is 21.8 Å². The fourth-order valence-corrected chi connectivity index (χ4v) is 6.19. The molecule has 0 heterocycles. The summed E-state index contributed by atoms with van der Waals surface area (Å²) in [5.41, 5.74) is 2.30. The van der Waals surface area contributed by atoms with Gasteiger partial charge in [0.1, 0.15) is 12.1 Å². The first-order valence-corrected chi connectivity index (χ1v) is 14.5. The maximum atomic E-state index is 13.5. The molecule has 0 aromatic heterocycles. The molecule has 2 rings (SSSR count). The Kier molecular flexibility index (Phi) is 11.7. The first-order chi connectivity index (χ1) is 17.8. The number of benzene rings is 2. The molecule has 38 heavy (non-hydrogen) atoms. The highest BCUT2D eigenvalue weighted by molar-refractivity contribution is 8.76. The second-order valence-corrected chi connectivity index (χ2v) is 12.2. The molecule has 2 amide bonds. The van der Waals surface area contributed by atoms with Crippen molar-refractivity contribution >= 4 is 45.5 Å². The van der Waals surface area contributed by atoms with Crippen LogP contribution in [0.1, 0.15) is 72.4 Å². The van der Waals surface area contributed by atoms with Crippen LogP contribution in [0, 0.1) is 25.7 Å². The molecule has 3 N–H and O–H groups in total. The Balaban J connectivity index is 2.40. The predicted octanol–water partition coefficient (Wildman–Crippen LogP) is 5.83. The first kappa shape index (κ1) is 31.2. The molecule has 0 fully saturated rings. The van der Waals surface area contributed by atoms with Crippen molar-refractivity contribution in [2.75, 3.05) is 0 Å². The lowest BCUT2D eigenvalue weighted by atomic mass is 10.0. The minimum atomic E-state index is -1.12. The van der Waals surface area contributed by atoms with Crippen molar-refractivity contribution in [1.82, 2.24) is 9.62 Å². The summed E-state index contributed by atoms with van der Waals surface area (Å²) in [6.07, 6.45) is 0.523. The molecule has 2 aromatic carbocycles. The van der Waals surface area contributed by atoms with Crippen LogP contribution in [-0.4, -0.2) is 50.4 Å². The largest absolute Gasteiger partial charge is 0.480 e. The van der Waals surface area contributed by atoms with Gasteiger partial charge in [-0.2, -0.15) is 0 Å². The summed E-state index contributed by atoms with van der Waals surface area (Å²) in [7, 11) is 2.05. The number of carboxylic acids is 2. The van der Waals surface area contributed by atoms with E-state index in [4.69, 9.17) is 0 Å². The van der Waals surface area contributed by atoms with E-state index in [2.05, 4.69) is 5.32 Å². The molecule has 2 aromatic rings. The lowest BCUT2D eigenvalue weighted by Gasteiger charge is -2.28. The lowest BCUT2D eigenvalue weighted by molar-refractivity contribution is -0.141. The predicted molar refractivity (Wildman–Crippen MR) is 151 cm³/mol. The minimum absolute atomic E-state index is 0.0177. The topological polar surface area (TPSA) is 124 Å². The number of aryl methyl sites for hydroxylation is 2. The third kappa shape index (κ3) is 9.09. The van der Waals surface area contributed by atoms with Crippen molar-refractivity contribution in [3.63, 3.8) is 0 Å². The fraction of sp³-hybridized carbons (Fsp3) is 0.429. The molecular formula is C28H36N2O6S2. The van der Waals surface area contributed by atoms with Crippen LogP contribution in [0.5, 0.6) is 0 Å². The molecule has 0 radical (unpaired) electrons. The Morgan fingerprint density at radius 1 is 0.868 bits per heavy atom. The quantitative estimate of drug-likeness (QED) is 0.207. The average Bonchev–Trinajstić information content (AvgIpc) is 2.82. The van der Waals surface area contributed by atoms with E-state index in [0.29, 0.717) is 10.5 Å². The van der Waals surface area contributed by atoms with Gasteiger partial charge in [-0.1, -0.05) is 57.0 Å². The smallest absolute Gasteiger partial charge is 0.327 e. The molecule has 0 saturated carbocycles. The standard InChI is InChI=1S/C28H36N2O6S2/c1-16(2)12-22(27(33)34)29-25(31)21-15-19(6)10-11-24(21)37-38-30(23(28(35)36)13-17(3)4)26(32)20-9-7-8-18(5)14-20/h7-11,14-17,22-23H,12-13H2,1-6H3,(H,29,31)(H,33,34)(H,35,36)/t22-,23-/m0/s1. The van der Waals surface area contributed by atoms with Gasteiger partial charge in [0.15, 0.2) is 0 Å². The van der Waals surface area contributed by atoms with E-state index in [0.717, 1.165) is 32.9 Å².